The van der Waals surface area contributed by atoms with Crippen LogP contribution in [0, 0.1) is 22.0 Å². The zero-order valence-electron chi connectivity index (χ0n) is 9.18. The van der Waals surface area contributed by atoms with Gasteiger partial charge in [0.2, 0.25) is 0 Å². The zero-order chi connectivity index (χ0) is 11.5. The summed E-state index contributed by atoms with van der Waals surface area (Å²) in [4.78, 5) is 14.1. The number of rotatable bonds is 4. The molecule has 5 nitrogen and oxygen atoms in total. The maximum atomic E-state index is 10.5. The molecule has 1 saturated carbocycles. The van der Waals surface area contributed by atoms with E-state index >= 15 is 0 Å². The Balaban J connectivity index is 1.87. The number of nitrogens with one attached hydrogen (secondary N) is 1. The summed E-state index contributed by atoms with van der Waals surface area (Å²) >= 11 is 1.10. The number of anilines is 1. The second kappa shape index (κ2) is 4.78. The third-order valence-corrected chi connectivity index (χ3v) is 4.13. The highest BCUT2D eigenvalue weighted by Gasteiger charge is 2.23. The molecule has 2 atom stereocenters. The molecule has 1 N–H and O–H groups in total. The maximum Gasteiger partial charge on any atom is 0.345 e. The minimum atomic E-state index is -0.402. The van der Waals surface area contributed by atoms with E-state index in [2.05, 4.69) is 17.2 Å². The number of nitrogens with zero attached hydrogens (tertiary/aromatic N) is 2. The van der Waals surface area contributed by atoms with Gasteiger partial charge in [-0.3, -0.25) is 10.1 Å². The van der Waals surface area contributed by atoms with E-state index in [0.29, 0.717) is 11.0 Å². The summed E-state index contributed by atoms with van der Waals surface area (Å²) in [5.74, 6) is 1.44. The average Bonchev–Trinajstić information content (AvgIpc) is 2.83. The van der Waals surface area contributed by atoms with Crippen molar-refractivity contribution in [2.75, 3.05) is 11.9 Å². The Labute approximate surface area is 98.0 Å². The molecule has 1 aliphatic carbocycles. The van der Waals surface area contributed by atoms with E-state index in [1.807, 2.05) is 0 Å². The molecule has 0 spiro atoms. The number of hydrogen-bond donors (Lipinski definition) is 1. The molecule has 0 aromatic carbocycles. The van der Waals surface area contributed by atoms with Crippen molar-refractivity contribution in [1.82, 2.24) is 4.98 Å². The van der Waals surface area contributed by atoms with Crippen molar-refractivity contribution in [3.63, 3.8) is 0 Å². The first-order chi connectivity index (χ1) is 7.66. The quantitative estimate of drug-likeness (QED) is 0.650. The van der Waals surface area contributed by atoms with E-state index in [-0.39, 0.29) is 5.00 Å². The number of thiazole rings is 1. The second-order valence-corrected chi connectivity index (χ2v) is 5.32. The van der Waals surface area contributed by atoms with Gasteiger partial charge in [0.25, 0.3) is 0 Å². The lowest BCUT2D eigenvalue weighted by molar-refractivity contribution is -0.380. The molecule has 0 radical (unpaired) electrons. The summed E-state index contributed by atoms with van der Waals surface area (Å²) in [6.45, 7) is 3.15. The van der Waals surface area contributed by atoms with Crippen LogP contribution < -0.4 is 5.32 Å². The van der Waals surface area contributed by atoms with Crippen molar-refractivity contribution in [3.8, 4) is 0 Å². The molecule has 1 fully saturated rings. The lowest BCUT2D eigenvalue weighted by Gasteiger charge is -2.14. The lowest BCUT2D eigenvalue weighted by Crippen LogP contribution is -2.16. The predicted octanol–water partition coefficient (Wildman–Crippen LogP) is 2.90. The average molecular weight is 241 g/mol. The van der Waals surface area contributed by atoms with E-state index < -0.39 is 4.92 Å². The molecule has 1 heterocycles. The van der Waals surface area contributed by atoms with Gasteiger partial charge in [0.05, 0.1) is 4.92 Å². The molecule has 0 aliphatic heterocycles. The Morgan fingerprint density at radius 3 is 3.06 bits per heavy atom. The Bertz CT molecular complexity index is 380. The molecule has 2 unspecified atom stereocenters. The van der Waals surface area contributed by atoms with Crippen molar-refractivity contribution < 1.29 is 4.92 Å². The molecule has 6 heteroatoms. The highest BCUT2D eigenvalue weighted by Crippen LogP contribution is 2.32. The normalized spacial score (nSPS) is 24.6. The Kier molecular flexibility index (Phi) is 3.38. The van der Waals surface area contributed by atoms with E-state index in [0.717, 1.165) is 23.8 Å². The van der Waals surface area contributed by atoms with Crippen LogP contribution in [0.4, 0.5) is 10.1 Å². The lowest BCUT2D eigenvalue weighted by atomic mass is 9.98. The van der Waals surface area contributed by atoms with Gasteiger partial charge in [-0.05, 0) is 29.6 Å². The summed E-state index contributed by atoms with van der Waals surface area (Å²) < 4.78 is 0. The van der Waals surface area contributed by atoms with E-state index in [1.54, 1.807) is 0 Å². The van der Waals surface area contributed by atoms with Crippen LogP contribution in [0.2, 0.25) is 0 Å². The molecule has 0 amide bonds. The topological polar surface area (TPSA) is 68.1 Å². The Morgan fingerprint density at radius 1 is 1.69 bits per heavy atom. The Morgan fingerprint density at radius 2 is 2.50 bits per heavy atom. The van der Waals surface area contributed by atoms with Crippen LogP contribution in [0.1, 0.15) is 26.2 Å². The highest BCUT2D eigenvalue weighted by molar-refractivity contribution is 7.18. The summed E-state index contributed by atoms with van der Waals surface area (Å²) in [6.07, 6.45) is 5.16. The van der Waals surface area contributed by atoms with Gasteiger partial charge >= 0.3 is 5.00 Å². The van der Waals surface area contributed by atoms with Crippen LogP contribution in [0.3, 0.4) is 0 Å². The highest BCUT2D eigenvalue weighted by atomic mass is 32.1. The van der Waals surface area contributed by atoms with Crippen LogP contribution in [0.5, 0.6) is 0 Å². The predicted molar refractivity (Wildman–Crippen MR) is 63.8 cm³/mol. The van der Waals surface area contributed by atoms with Crippen molar-refractivity contribution in [1.29, 1.82) is 0 Å². The first kappa shape index (κ1) is 11.3. The SMILES string of the molecule is CC1CCCC1CNc1ncc([N+](=O)[O-])s1. The minimum Gasteiger partial charge on any atom is -0.361 e. The zero-order valence-corrected chi connectivity index (χ0v) is 10.00. The monoisotopic (exact) mass is 241 g/mol. The third-order valence-electron chi connectivity index (χ3n) is 3.23. The molecule has 2 rings (SSSR count). The molecule has 16 heavy (non-hydrogen) atoms. The maximum absolute atomic E-state index is 10.5. The van der Waals surface area contributed by atoms with E-state index in [1.165, 1.54) is 25.5 Å². The number of hydrogen-bond acceptors (Lipinski definition) is 5. The molecular weight excluding hydrogens is 226 g/mol. The van der Waals surface area contributed by atoms with Gasteiger partial charge in [0.15, 0.2) is 5.13 Å². The minimum absolute atomic E-state index is 0.0990. The first-order valence-corrected chi connectivity index (χ1v) is 6.32. The van der Waals surface area contributed by atoms with Crippen LogP contribution in [0.25, 0.3) is 0 Å². The summed E-state index contributed by atoms with van der Waals surface area (Å²) in [7, 11) is 0. The fourth-order valence-corrected chi connectivity index (χ4v) is 2.81. The van der Waals surface area contributed by atoms with Gasteiger partial charge in [0.1, 0.15) is 6.20 Å². The Hall–Kier alpha value is -1.17. The molecule has 0 saturated heterocycles. The van der Waals surface area contributed by atoms with Gasteiger partial charge in [0, 0.05) is 6.54 Å². The van der Waals surface area contributed by atoms with E-state index in [9.17, 15) is 10.1 Å². The van der Waals surface area contributed by atoms with Crippen molar-refractivity contribution in [3.05, 3.63) is 16.3 Å². The fourth-order valence-electron chi connectivity index (χ4n) is 2.18. The van der Waals surface area contributed by atoms with Crippen LogP contribution in [0.15, 0.2) is 6.20 Å². The largest absolute Gasteiger partial charge is 0.361 e. The number of nitro groups is 1. The van der Waals surface area contributed by atoms with Gasteiger partial charge in [-0.15, -0.1) is 0 Å². The van der Waals surface area contributed by atoms with Crippen molar-refractivity contribution in [2.45, 2.75) is 26.2 Å². The van der Waals surface area contributed by atoms with Gasteiger partial charge in [-0.1, -0.05) is 19.8 Å². The van der Waals surface area contributed by atoms with Gasteiger partial charge < -0.3 is 5.32 Å². The summed E-state index contributed by atoms with van der Waals surface area (Å²) in [5.41, 5.74) is 0. The molecule has 88 valence electrons. The molecular formula is C10H15N3O2S. The summed E-state index contributed by atoms with van der Waals surface area (Å²) in [6, 6.07) is 0. The van der Waals surface area contributed by atoms with Gasteiger partial charge in [-0.2, -0.15) is 0 Å². The second-order valence-electron chi connectivity index (χ2n) is 4.31. The smallest absolute Gasteiger partial charge is 0.345 e. The van der Waals surface area contributed by atoms with Crippen LogP contribution in [-0.4, -0.2) is 16.5 Å². The molecule has 1 aromatic heterocycles. The third kappa shape index (κ3) is 2.49. The fraction of sp³-hybridized carbons (Fsp3) is 0.700. The standard InChI is InChI=1S/C10H15N3O2S/c1-7-3-2-4-8(7)5-11-10-12-6-9(16-10)13(14)15/h6-8H,2-5H2,1H3,(H,11,12). The number of aromatic nitrogens is 1. The van der Waals surface area contributed by atoms with Crippen LogP contribution >= 0.6 is 11.3 Å². The van der Waals surface area contributed by atoms with Crippen molar-refractivity contribution in [2.24, 2.45) is 11.8 Å². The molecule has 0 bridgehead atoms. The molecule has 1 aliphatic rings. The first-order valence-electron chi connectivity index (χ1n) is 5.51. The molecule has 1 aromatic rings. The summed E-state index contributed by atoms with van der Waals surface area (Å²) in [5, 5.41) is 14.4. The van der Waals surface area contributed by atoms with E-state index in [4.69, 9.17) is 0 Å². The van der Waals surface area contributed by atoms with Gasteiger partial charge in [-0.25, -0.2) is 4.98 Å². The van der Waals surface area contributed by atoms with Crippen LogP contribution in [-0.2, 0) is 0 Å². The van der Waals surface area contributed by atoms with Crippen molar-refractivity contribution >= 4 is 21.5 Å².